The van der Waals surface area contributed by atoms with Crippen LogP contribution in [0.2, 0.25) is 0 Å². The van der Waals surface area contributed by atoms with E-state index in [9.17, 15) is 4.79 Å². The van der Waals surface area contributed by atoms with Crippen molar-refractivity contribution in [1.29, 1.82) is 0 Å². The molecule has 0 heterocycles. The average Bonchev–Trinajstić information content (AvgIpc) is 2.76. The van der Waals surface area contributed by atoms with Crippen molar-refractivity contribution in [2.75, 3.05) is 6.61 Å². The lowest BCUT2D eigenvalue weighted by Gasteiger charge is -2.38. The number of nitrogens with zero attached hydrogens (tertiary/aromatic N) is 1. The van der Waals surface area contributed by atoms with Gasteiger partial charge in [0, 0.05) is 18.6 Å². The minimum atomic E-state index is -0.0940. The second-order valence-corrected chi connectivity index (χ2v) is 8.39. The molecule has 1 unspecified atom stereocenters. The monoisotopic (exact) mass is 409 g/mol. The topological polar surface area (TPSA) is 29.5 Å². The standard InChI is InChI=1S/C27H39NO2/c1-5-7-14-22(3)19-26(20-27(29)30-6-2)28(21-24-15-10-8-11-16-24)23(4)25-17-12-9-13-18-25/h8-13,15-18,22-23,26H,5-7,14,19-21H2,1-4H3/t22-,23?,26+/m1/s1. The van der Waals surface area contributed by atoms with Crippen LogP contribution in [-0.4, -0.2) is 23.5 Å². The Morgan fingerprint density at radius 1 is 0.967 bits per heavy atom. The largest absolute Gasteiger partial charge is 0.466 e. The second-order valence-electron chi connectivity index (χ2n) is 8.39. The molecule has 0 aliphatic carbocycles. The van der Waals surface area contributed by atoms with E-state index in [0.29, 0.717) is 18.9 Å². The van der Waals surface area contributed by atoms with Gasteiger partial charge in [-0.1, -0.05) is 93.8 Å². The Labute approximate surface area is 183 Å². The van der Waals surface area contributed by atoms with Crippen LogP contribution < -0.4 is 0 Å². The molecule has 2 aromatic rings. The van der Waals surface area contributed by atoms with Crippen molar-refractivity contribution in [3.05, 3.63) is 71.8 Å². The van der Waals surface area contributed by atoms with Gasteiger partial charge >= 0.3 is 5.97 Å². The summed E-state index contributed by atoms with van der Waals surface area (Å²) >= 11 is 0. The summed E-state index contributed by atoms with van der Waals surface area (Å²) in [5.41, 5.74) is 2.55. The molecule has 0 aromatic heterocycles. The van der Waals surface area contributed by atoms with Crippen LogP contribution in [0.5, 0.6) is 0 Å². The molecule has 164 valence electrons. The molecule has 0 spiro atoms. The minimum absolute atomic E-state index is 0.0940. The SMILES string of the molecule is CCCC[C@@H](C)C[C@@H](CC(=O)OCC)N(Cc1ccccc1)C(C)c1ccccc1. The minimum Gasteiger partial charge on any atom is -0.466 e. The lowest BCUT2D eigenvalue weighted by atomic mass is 9.91. The van der Waals surface area contributed by atoms with Crippen LogP contribution in [0.1, 0.15) is 77.0 Å². The lowest BCUT2D eigenvalue weighted by Crippen LogP contribution is -2.40. The molecule has 0 amide bonds. The Bertz CT molecular complexity index is 716. The molecule has 3 atom stereocenters. The zero-order valence-corrected chi connectivity index (χ0v) is 19.2. The van der Waals surface area contributed by atoms with Crippen molar-refractivity contribution >= 4 is 5.97 Å². The third-order valence-corrected chi connectivity index (χ3v) is 5.89. The fraction of sp³-hybridized carbons (Fsp3) is 0.519. The first kappa shape index (κ1) is 24.1. The molecule has 0 saturated carbocycles. The van der Waals surface area contributed by atoms with E-state index < -0.39 is 0 Å². The van der Waals surface area contributed by atoms with Gasteiger partial charge in [0.2, 0.25) is 0 Å². The predicted molar refractivity (Wildman–Crippen MR) is 125 cm³/mol. The van der Waals surface area contributed by atoms with Gasteiger partial charge in [0.1, 0.15) is 0 Å². The molecular formula is C27H39NO2. The smallest absolute Gasteiger partial charge is 0.307 e. The van der Waals surface area contributed by atoms with Crippen LogP contribution in [0.4, 0.5) is 0 Å². The maximum Gasteiger partial charge on any atom is 0.307 e. The molecule has 2 aromatic carbocycles. The Balaban J connectivity index is 2.31. The van der Waals surface area contributed by atoms with Crippen molar-refractivity contribution in [2.45, 2.75) is 78.4 Å². The highest BCUT2D eigenvalue weighted by atomic mass is 16.5. The van der Waals surface area contributed by atoms with Gasteiger partial charge in [-0.3, -0.25) is 9.69 Å². The average molecular weight is 410 g/mol. The highest BCUT2D eigenvalue weighted by Gasteiger charge is 2.28. The Morgan fingerprint density at radius 3 is 2.20 bits per heavy atom. The van der Waals surface area contributed by atoms with Crippen molar-refractivity contribution < 1.29 is 9.53 Å². The van der Waals surface area contributed by atoms with Crippen LogP contribution in [0.15, 0.2) is 60.7 Å². The molecule has 0 aliphatic heterocycles. The molecule has 0 aliphatic rings. The van der Waals surface area contributed by atoms with Gasteiger partial charge in [0.05, 0.1) is 13.0 Å². The number of hydrogen-bond acceptors (Lipinski definition) is 3. The van der Waals surface area contributed by atoms with Gasteiger partial charge in [0.25, 0.3) is 0 Å². The number of rotatable bonds is 13. The number of carbonyl (C=O) groups is 1. The Hall–Kier alpha value is -2.13. The van der Waals surface area contributed by atoms with E-state index in [2.05, 4.69) is 86.3 Å². The first-order chi connectivity index (χ1) is 14.5. The summed E-state index contributed by atoms with van der Waals surface area (Å²) in [6.07, 6.45) is 5.09. The normalized spacial score (nSPS) is 14.3. The maximum atomic E-state index is 12.5. The number of unbranched alkanes of at least 4 members (excludes halogenated alkanes) is 1. The van der Waals surface area contributed by atoms with Gasteiger partial charge in [-0.2, -0.15) is 0 Å². The van der Waals surface area contributed by atoms with Gasteiger partial charge in [-0.05, 0) is 37.3 Å². The molecule has 0 fully saturated rings. The summed E-state index contributed by atoms with van der Waals surface area (Å²) < 4.78 is 5.36. The Kier molecular flexibility index (Phi) is 10.6. The van der Waals surface area contributed by atoms with E-state index in [1.807, 2.05) is 6.92 Å². The quantitative estimate of drug-likeness (QED) is 0.341. The fourth-order valence-corrected chi connectivity index (χ4v) is 4.18. The fourth-order valence-electron chi connectivity index (χ4n) is 4.18. The van der Waals surface area contributed by atoms with E-state index in [-0.39, 0.29) is 18.1 Å². The predicted octanol–water partition coefficient (Wildman–Crippen LogP) is 6.79. The number of benzene rings is 2. The third-order valence-electron chi connectivity index (χ3n) is 5.89. The van der Waals surface area contributed by atoms with E-state index >= 15 is 0 Å². The van der Waals surface area contributed by atoms with Crippen LogP contribution in [0.3, 0.4) is 0 Å². The zero-order valence-electron chi connectivity index (χ0n) is 19.2. The van der Waals surface area contributed by atoms with Crippen molar-refractivity contribution in [3.8, 4) is 0 Å². The van der Waals surface area contributed by atoms with E-state index in [1.54, 1.807) is 0 Å². The second kappa shape index (κ2) is 13.2. The third kappa shape index (κ3) is 7.95. The van der Waals surface area contributed by atoms with Gasteiger partial charge in [0.15, 0.2) is 0 Å². The van der Waals surface area contributed by atoms with Crippen molar-refractivity contribution in [2.24, 2.45) is 5.92 Å². The summed E-state index contributed by atoms with van der Waals surface area (Å²) in [7, 11) is 0. The molecule has 3 nitrogen and oxygen atoms in total. The summed E-state index contributed by atoms with van der Waals surface area (Å²) in [5, 5.41) is 0. The highest BCUT2D eigenvalue weighted by molar-refractivity contribution is 5.70. The maximum absolute atomic E-state index is 12.5. The van der Waals surface area contributed by atoms with Gasteiger partial charge < -0.3 is 4.74 Å². The zero-order chi connectivity index (χ0) is 21.8. The lowest BCUT2D eigenvalue weighted by molar-refractivity contribution is -0.145. The molecule has 3 heteroatoms. The molecular weight excluding hydrogens is 370 g/mol. The van der Waals surface area contributed by atoms with Crippen LogP contribution in [0, 0.1) is 5.92 Å². The molecule has 30 heavy (non-hydrogen) atoms. The van der Waals surface area contributed by atoms with Crippen LogP contribution in [-0.2, 0) is 16.1 Å². The number of ether oxygens (including phenoxy) is 1. The van der Waals surface area contributed by atoms with Crippen molar-refractivity contribution in [1.82, 2.24) is 4.90 Å². The first-order valence-electron chi connectivity index (χ1n) is 11.5. The summed E-state index contributed by atoms with van der Waals surface area (Å²) in [6, 6.07) is 21.5. The van der Waals surface area contributed by atoms with Crippen molar-refractivity contribution in [3.63, 3.8) is 0 Å². The number of carbonyl (C=O) groups excluding carboxylic acids is 1. The molecule has 0 N–H and O–H groups in total. The van der Waals surface area contributed by atoms with E-state index in [1.165, 1.54) is 30.4 Å². The summed E-state index contributed by atoms with van der Waals surface area (Å²) in [5.74, 6) is 0.481. The first-order valence-corrected chi connectivity index (χ1v) is 11.5. The molecule has 0 radical (unpaired) electrons. The Morgan fingerprint density at radius 2 is 1.60 bits per heavy atom. The van der Waals surface area contributed by atoms with E-state index in [4.69, 9.17) is 4.74 Å². The highest BCUT2D eigenvalue weighted by Crippen LogP contribution is 2.30. The van der Waals surface area contributed by atoms with E-state index in [0.717, 1.165) is 13.0 Å². The summed E-state index contributed by atoms with van der Waals surface area (Å²) in [4.78, 5) is 15.0. The number of esters is 1. The molecule has 0 saturated heterocycles. The summed E-state index contributed by atoms with van der Waals surface area (Å²) in [6.45, 7) is 9.95. The molecule has 0 bridgehead atoms. The van der Waals surface area contributed by atoms with Crippen LogP contribution >= 0.6 is 0 Å². The number of hydrogen-bond donors (Lipinski definition) is 0. The molecule has 2 rings (SSSR count). The van der Waals surface area contributed by atoms with Crippen LogP contribution in [0.25, 0.3) is 0 Å². The van der Waals surface area contributed by atoms with Gasteiger partial charge in [-0.15, -0.1) is 0 Å². The van der Waals surface area contributed by atoms with Gasteiger partial charge in [-0.25, -0.2) is 0 Å².